The van der Waals surface area contributed by atoms with E-state index in [2.05, 4.69) is 5.32 Å². The van der Waals surface area contributed by atoms with Gasteiger partial charge in [0.25, 0.3) is 0 Å². The highest BCUT2D eigenvalue weighted by molar-refractivity contribution is 6.30. The summed E-state index contributed by atoms with van der Waals surface area (Å²) in [5, 5.41) is 12.4. The summed E-state index contributed by atoms with van der Waals surface area (Å²) < 4.78 is 13.2. The van der Waals surface area contributed by atoms with Crippen molar-refractivity contribution in [1.82, 2.24) is 0 Å². The summed E-state index contributed by atoms with van der Waals surface area (Å²) in [7, 11) is 0. The van der Waals surface area contributed by atoms with Crippen molar-refractivity contribution in [1.29, 1.82) is 0 Å². The maximum Gasteiger partial charge on any atom is 0.125 e. The summed E-state index contributed by atoms with van der Waals surface area (Å²) in [4.78, 5) is 0. The number of benzene rings is 2. The van der Waals surface area contributed by atoms with Crippen LogP contribution in [0.5, 0.6) is 0 Å². The highest BCUT2D eigenvalue weighted by atomic mass is 35.5. The van der Waals surface area contributed by atoms with Crippen LogP contribution in [0.15, 0.2) is 42.5 Å². The molecule has 0 radical (unpaired) electrons. The highest BCUT2D eigenvalue weighted by Crippen LogP contribution is 2.16. The van der Waals surface area contributed by atoms with E-state index in [1.165, 1.54) is 12.1 Å². The summed E-state index contributed by atoms with van der Waals surface area (Å²) in [5.41, 5.74) is 2.83. The van der Waals surface area contributed by atoms with Crippen molar-refractivity contribution in [2.45, 2.75) is 13.0 Å². The third-order valence-electron chi connectivity index (χ3n) is 2.77. The van der Waals surface area contributed by atoms with Crippen molar-refractivity contribution in [3.63, 3.8) is 0 Å². The number of rotatable bonds is 5. The Balaban J connectivity index is 1.98. The molecule has 0 saturated carbocycles. The second kappa shape index (κ2) is 6.55. The van der Waals surface area contributed by atoms with Crippen molar-refractivity contribution in [3.05, 3.63) is 64.4 Å². The molecule has 0 aromatic heterocycles. The van der Waals surface area contributed by atoms with Gasteiger partial charge in [-0.05, 0) is 47.9 Å². The van der Waals surface area contributed by atoms with Gasteiger partial charge in [0, 0.05) is 23.9 Å². The van der Waals surface area contributed by atoms with Gasteiger partial charge in [-0.3, -0.25) is 0 Å². The molecule has 0 aliphatic rings. The molecule has 0 saturated heterocycles. The average molecular weight is 280 g/mol. The van der Waals surface area contributed by atoms with Crippen molar-refractivity contribution < 1.29 is 9.50 Å². The first-order valence-corrected chi connectivity index (χ1v) is 6.44. The van der Waals surface area contributed by atoms with Gasteiger partial charge in [-0.15, -0.1) is 0 Å². The van der Waals surface area contributed by atoms with Gasteiger partial charge < -0.3 is 10.4 Å². The van der Waals surface area contributed by atoms with Crippen LogP contribution in [0.2, 0.25) is 5.02 Å². The molecule has 2 aromatic carbocycles. The maximum atomic E-state index is 13.2. The van der Waals surface area contributed by atoms with Gasteiger partial charge in [-0.25, -0.2) is 4.39 Å². The van der Waals surface area contributed by atoms with Crippen LogP contribution in [-0.4, -0.2) is 11.7 Å². The van der Waals surface area contributed by atoms with Crippen molar-refractivity contribution in [3.8, 4) is 0 Å². The van der Waals surface area contributed by atoms with Crippen LogP contribution < -0.4 is 5.32 Å². The van der Waals surface area contributed by atoms with Gasteiger partial charge >= 0.3 is 0 Å². The number of anilines is 1. The average Bonchev–Trinajstić information content (AvgIpc) is 2.37. The van der Waals surface area contributed by atoms with Crippen molar-refractivity contribution in [2.24, 2.45) is 0 Å². The molecule has 2 nitrogen and oxygen atoms in total. The minimum Gasteiger partial charge on any atom is -0.396 e. The Kier molecular flexibility index (Phi) is 4.77. The molecule has 0 bridgehead atoms. The largest absolute Gasteiger partial charge is 0.396 e. The zero-order chi connectivity index (χ0) is 13.7. The number of nitrogens with one attached hydrogen (secondary N) is 1. The first-order chi connectivity index (χ1) is 9.17. The quantitative estimate of drug-likeness (QED) is 0.876. The first kappa shape index (κ1) is 13.8. The van der Waals surface area contributed by atoms with E-state index >= 15 is 0 Å². The molecule has 0 amide bonds. The molecule has 0 spiro atoms. The van der Waals surface area contributed by atoms with Crippen LogP contribution >= 0.6 is 11.6 Å². The molecule has 2 aromatic rings. The van der Waals surface area contributed by atoms with Gasteiger partial charge in [-0.2, -0.15) is 0 Å². The van der Waals surface area contributed by atoms with Crippen LogP contribution in [0.1, 0.15) is 11.1 Å². The molecular formula is C15H15ClFNO. The number of halogens is 2. The van der Waals surface area contributed by atoms with Crippen LogP contribution in [0.3, 0.4) is 0 Å². The normalized spacial score (nSPS) is 10.5. The minimum atomic E-state index is -0.331. The molecule has 2 rings (SSSR count). The molecular weight excluding hydrogens is 265 g/mol. The van der Waals surface area contributed by atoms with Crippen LogP contribution in [0.25, 0.3) is 0 Å². The second-order valence-corrected chi connectivity index (χ2v) is 4.74. The number of aliphatic hydroxyl groups is 1. The SMILES string of the molecule is OCCc1ccc(NCc2cc(F)cc(Cl)c2)cc1. The lowest BCUT2D eigenvalue weighted by molar-refractivity contribution is 0.299. The fourth-order valence-corrected chi connectivity index (χ4v) is 2.08. The van der Waals surface area contributed by atoms with E-state index < -0.39 is 0 Å². The minimum absolute atomic E-state index is 0.147. The monoisotopic (exact) mass is 279 g/mol. The summed E-state index contributed by atoms with van der Waals surface area (Å²) in [5.74, 6) is -0.331. The molecule has 0 unspecified atom stereocenters. The van der Waals surface area contributed by atoms with Gasteiger partial charge in [0.15, 0.2) is 0 Å². The van der Waals surface area contributed by atoms with Gasteiger partial charge in [0.1, 0.15) is 5.82 Å². The number of hydrogen-bond acceptors (Lipinski definition) is 2. The lowest BCUT2D eigenvalue weighted by Crippen LogP contribution is -2.00. The molecule has 0 atom stereocenters. The summed E-state index contributed by atoms with van der Waals surface area (Å²) in [6, 6.07) is 12.3. The van der Waals surface area contributed by atoms with Crippen molar-refractivity contribution in [2.75, 3.05) is 11.9 Å². The Bertz CT molecular complexity index is 522. The second-order valence-electron chi connectivity index (χ2n) is 4.30. The van der Waals surface area contributed by atoms with E-state index in [0.29, 0.717) is 18.0 Å². The Morgan fingerprint density at radius 1 is 1.05 bits per heavy atom. The lowest BCUT2D eigenvalue weighted by atomic mass is 10.1. The predicted molar refractivity (Wildman–Crippen MR) is 76.0 cm³/mol. The highest BCUT2D eigenvalue weighted by Gasteiger charge is 2.00. The molecule has 0 aliphatic heterocycles. The molecule has 0 aliphatic carbocycles. The van der Waals surface area contributed by atoms with Crippen molar-refractivity contribution >= 4 is 17.3 Å². The summed E-state index contributed by atoms with van der Waals surface area (Å²) in [6.45, 7) is 0.658. The fourth-order valence-electron chi connectivity index (χ4n) is 1.84. The van der Waals surface area contributed by atoms with E-state index in [1.807, 2.05) is 24.3 Å². The topological polar surface area (TPSA) is 32.3 Å². The van der Waals surface area contributed by atoms with E-state index in [9.17, 15) is 4.39 Å². The Morgan fingerprint density at radius 2 is 1.79 bits per heavy atom. The summed E-state index contributed by atoms with van der Waals surface area (Å²) in [6.07, 6.45) is 0.653. The lowest BCUT2D eigenvalue weighted by Gasteiger charge is -2.08. The van der Waals surface area contributed by atoms with Gasteiger partial charge in [-0.1, -0.05) is 23.7 Å². The molecule has 2 N–H and O–H groups in total. The Hall–Kier alpha value is -1.58. The zero-order valence-electron chi connectivity index (χ0n) is 10.4. The van der Waals surface area contributed by atoms with Crippen LogP contribution in [-0.2, 0) is 13.0 Å². The summed E-state index contributed by atoms with van der Waals surface area (Å²) >= 11 is 5.80. The maximum absolute atomic E-state index is 13.2. The van der Waals surface area contributed by atoms with E-state index in [-0.39, 0.29) is 12.4 Å². The van der Waals surface area contributed by atoms with Gasteiger partial charge in [0.05, 0.1) is 0 Å². The Labute approximate surface area is 116 Å². The molecule has 100 valence electrons. The van der Waals surface area contributed by atoms with Gasteiger partial charge in [0.2, 0.25) is 0 Å². The zero-order valence-corrected chi connectivity index (χ0v) is 11.1. The molecule has 19 heavy (non-hydrogen) atoms. The standard InChI is InChI=1S/C15H15ClFNO/c16-13-7-12(8-14(17)9-13)10-18-15-3-1-11(2-4-15)5-6-19/h1-4,7-9,18-19H,5-6,10H2. The third-order valence-corrected chi connectivity index (χ3v) is 2.99. The smallest absolute Gasteiger partial charge is 0.125 e. The number of aliphatic hydroxyl groups excluding tert-OH is 1. The number of hydrogen-bond donors (Lipinski definition) is 2. The fraction of sp³-hybridized carbons (Fsp3) is 0.200. The van der Waals surface area contributed by atoms with E-state index in [0.717, 1.165) is 16.8 Å². The molecule has 4 heteroatoms. The predicted octanol–water partition coefficient (Wildman–Crippen LogP) is 3.63. The molecule has 0 fully saturated rings. The van der Waals surface area contributed by atoms with Crippen LogP contribution in [0, 0.1) is 5.82 Å². The van der Waals surface area contributed by atoms with Crippen LogP contribution in [0.4, 0.5) is 10.1 Å². The third kappa shape index (κ3) is 4.23. The molecule has 0 heterocycles. The van der Waals surface area contributed by atoms with E-state index in [1.54, 1.807) is 6.07 Å². The first-order valence-electron chi connectivity index (χ1n) is 6.06. The van der Waals surface area contributed by atoms with E-state index in [4.69, 9.17) is 16.7 Å². The Morgan fingerprint density at radius 3 is 2.42 bits per heavy atom.